The van der Waals surface area contributed by atoms with Crippen LogP contribution in [0.2, 0.25) is 0 Å². The maximum atomic E-state index is 10.6. The second-order valence-electron chi connectivity index (χ2n) is 15.4. The van der Waals surface area contributed by atoms with Gasteiger partial charge in [-0.2, -0.15) is 10.5 Å². The van der Waals surface area contributed by atoms with E-state index in [1.165, 1.54) is 0 Å². The van der Waals surface area contributed by atoms with E-state index in [2.05, 4.69) is 71.3 Å². The smallest absolute Gasteiger partial charge is 0.160 e. The molecule has 7 heteroatoms. The third kappa shape index (κ3) is 7.37. The third-order valence-electron chi connectivity index (χ3n) is 11.4. The van der Waals surface area contributed by atoms with Crippen LogP contribution < -0.4 is 5.73 Å². The molecule has 0 bridgehead atoms. The average molecular weight is 808 g/mol. The number of hydrogen-bond acceptors (Lipinski definition) is 6. The minimum Gasteiger partial charge on any atom is -0.398 e. The number of nitrogen functional groups attached to an aromatic ring is 1. The summed E-state index contributed by atoms with van der Waals surface area (Å²) in [4.78, 5) is 14.9. The summed E-state index contributed by atoms with van der Waals surface area (Å²) in [7, 11) is 0. The van der Waals surface area contributed by atoms with Crippen molar-refractivity contribution in [3.63, 3.8) is 0 Å². The standard InChI is InChI=1S/C56H37N7/c1-36-60-52-27-22-41(38-14-7-3-8-15-38)31-55(52)63(36)47-23-26-49(51(59)32-47)43-20-24-48(45(30-43)34-57)42-21-25-50(46(29-42)35-58)54-33-53(39-16-9-4-10-17-39)61-56(62-54)44-19-11-18-40(28-44)37-12-5-2-6-13-37/h2-33H,59H2,1H3. The predicted octanol–water partition coefficient (Wildman–Crippen LogP) is 13.1. The summed E-state index contributed by atoms with van der Waals surface area (Å²) in [6, 6.07) is 69.1. The van der Waals surface area contributed by atoms with Gasteiger partial charge in [0.25, 0.3) is 0 Å². The highest BCUT2D eigenvalue weighted by Crippen LogP contribution is 2.37. The molecule has 0 aliphatic rings. The molecule has 63 heavy (non-hydrogen) atoms. The molecule has 0 atom stereocenters. The number of benzene rings is 8. The van der Waals surface area contributed by atoms with E-state index in [0.717, 1.165) is 78.3 Å². The van der Waals surface area contributed by atoms with Gasteiger partial charge in [-0.1, -0.05) is 146 Å². The number of anilines is 1. The molecule has 0 aliphatic carbocycles. The number of rotatable bonds is 8. The molecular formula is C56H37N7. The molecule has 7 nitrogen and oxygen atoms in total. The van der Waals surface area contributed by atoms with Crippen molar-refractivity contribution in [1.29, 1.82) is 10.5 Å². The Bertz CT molecular complexity index is 3430. The Hall–Kier alpha value is -8.91. The summed E-state index contributed by atoms with van der Waals surface area (Å²) in [5, 5.41) is 21.1. The van der Waals surface area contributed by atoms with Crippen LogP contribution >= 0.6 is 0 Å². The minimum atomic E-state index is 0.431. The van der Waals surface area contributed by atoms with E-state index in [1.54, 1.807) is 0 Å². The Balaban J connectivity index is 0.990. The first kappa shape index (κ1) is 38.3. The first-order chi connectivity index (χ1) is 30.9. The highest BCUT2D eigenvalue weighted by atomic mass is 15.1. The predicted molar refractivity (Wildman–Crippen MR) is 253 cm³/mol. The summed E-state index contributed by atoms with van der Waals surface area (Å²) in [5.41, 5.74) is 22.4. The van der Waals surface area contributed by atoms with Crippen molar-refractivity contribution < 1.29 is 0 Å². The Morgan fingerprint density at radius 2 is 0.968 bits per heavy atom. The lowest BCUT2D eigenvalue weighted by molar-refractivity contribution is 1.00. The molecule has 0 saturated carbocycles. The number of nitriles is 2. The van der Waals surface area contributed by atoms with E-state index in [9.17, 15) is 10.5 Å². The van der Waals surface area contributed by atoms with Gasteiger partial charge in [-0.15, -0.1) is 0 Å². The van der Waals surface area contributed by atoms with Gasteiger partial charge in [0.05, 0.1) is 45.7 Å². The summed E-state index contributed by atoms with van der Waals surface area (Å²) >= 11 is 0. The number of nitrogens with zero attached hydrogens (tertiary/aromatic N) is 6. The number of aryl methyl sites for hydroxylation is 1. The zero-order valence-corrected chi connectivity index (χ0v) is 34.2. The molecule has 0 spiro atoms. The highest BCUT2D eigenvalue weighted by molar-refractivity contribution is 5.87. The van der Waals surface area contributed by atoms with Crippen molar-refractivity contribution in [2.45, 2.75) is 6.92 Å². The number of imidazole rings is 1. The van der Waals surface area contributed by atoms with Crippen LogP contribution in [0, 0.1) is 29.6 Å². The molecule has 8 aromatic carbocycles. The summed E-state index contributed by atoms with van der Waals surface area (Å²) in [6.45, 7) is 1.99. The van der Waals surface area contributed by atoms with Gasteiger partial charge in [-0.05, 0) is 94.4 Å². The lowest BCUT2D eigenvalue weighted by atomic mass is 9.92. The third-order valence-corrected chi connectivity index (χ3v) is 11.4. The van der Waals surface area contributed by atoms with E-state index >= 15 is 0 Å². The molecule has 0 amide bonds. The fourth-order valence-corrected chi connectivity index (χ4v) is 8.31. The first-order valence-corrected chi connectivity index (χ1v) is 20.6. The number of aromatic nitrogens is 4. The van der Waals surface area contributed by atoms with Crippen LogP contribution in [0.5, 0.6) is 0 Å². The SMILES string of the molecule is Cc1nc2ccc(-c3ccccc3)cc2n1-c1ccc(-c2ccc(-c3ccc(-c4cc(-c5ccccc5)nc(-c5cccc(-c6ccccc6)c5)n4)c(C#N)c3)c(C#N)c2)c(N)c1. The second-order valence-corrected chi connectivity index (χ2v) is 15.4. The zero-order valence-electron chi connectivity index (χ0n) is 34.2. The highest BCUT2D eigenvalue weighted by Gasteiger charge is 2.18. The molecule has 2 N–H and O–H groups in total. The minimum absolute atomic E-state index is 0.431. The maximum absolute atomic E-state index is 10.6. The normalized spacial score (nSPS) is 11.0. The molecule has 0 radical (unpaired) electrons. The molecule has 296 valence electrons. The quantitative estimate of drug-likeness (QED) is 0.153. The van der Waals surface area contributed by atoms with Crippen LogP contribution in [-0.4, -0.2) is 19.5 Å². The molecule has 0 saturated heterocycles. The van der Waals surface area contributed by atoms with Crippen LogP contribution in [0.25, 0.3) is 95.1 Å². The van der Waals surface area contributed by atoms with Crippen LogP contribution in [0.1, 0.15) is 17.0 Å². The average Bonchev–Trinajstić information content (AvgIpc) is 3.69. The molecule has 10 aromatic rings. The molecule has 2 heterocycles. The molecule has 0 aliphatic heterocycles. The van der Waals surface area contributed by atoms with E-state index in [1.807, 2.05) is 146 Å². The van der Waals surface area contributed by atoms with Gasteiger partial charge in [0.2, 0.25) is 0 Å². The summed E-state index contributed by atoms with van der Waals surface area (Å²) in [6.07, 6.45) is 0. The molecular weight excluding hydrogens is 771 g/mol. The molecule has 0 unspecified atom stereocenters. The summed E-state index contributed by atoms with van der Waals surface area (Å²) < 4.78 is 2.12. The van der Waals surface area contributed by atoms with Gasteiger partial charge in [0.1, 0.15) is 5.82 Å². The van der Waals surface area contributed by atoms with Crippen molar-refractivity contribution in [3.8, 4) is 96.2 Å². The second kappa shape index (κ2) is 16.3. The number of fused-ring (bicyclic) bond motifs is 1. The largest absolute Gasteiger partial charge is 0.398 e. The first-order valence-electron chi connectivity index (χ1n) is 20.6. The van der Waals surface area contributed by atoms with Crippen molar-refractivity contribution >= 4 is 16.7 Å². The Morgan fingerprint density at radius 1 is 0.429 bits per heavy atom. The van der Waals surface area contributed by atoms with Crippen molar-refractivity contribution in [3.05, 3.63) is 211 Å². The van der Waals surface area contributed by atoms with E-state index in [4.69, 9.17) is 20.7 Å². The fraction of sp³-hybridized carbons (Fsp3) is 0.0179. The Labute approximate surface area is 365 Å². The molecule has 10 rings (SSSR count). The number of hydrogen-bond donors (Lipinski definition) is 1. The lowest BCUT2D eigenvalue weighted by Gasteiger charge is -2.14. The van der Waals surface area contributed by atoms with Gasteiger partial charge < -0.3 is 5.73 Å². The van der Waals surface area contributed by atoms with Gasteiger partial charge in [-0.3, -0.25) is 4.57 Å². The fourth-order valence-electron chi connectivity index (χ4n) is 8.31. The monoisotopic (exact) mass is 807 g/mol. The number of nitrogens with two attached hydrogens (primary N) is 1. The van der Waals surface area contributed by atoms with Crippen LogP contribution in [0.15, 0.2) is 194 Å². The van der Waals surface area contributed by atoms with Crippen LogP contribution in [0.3, 0.4) is 0 Å². The van der Waals surface area contributed by atoms with Gasteiger partial charge in [0, 0.05) is 33.6 Å². The van der Waals surface area contributed by atoms with Gasteiger partial charge in [-0.25, -0.2) is 15.0 Å². The van der Waals surface area contributed by atoms with E-state index in [-0.39, 0.29) is 0 Å². The molecule has 2 aromatic heterocycles. The zero-order chi connectivity index (χ0) is 42.9. The topological polar surface area (TPSA) is 117 Å². The van der Waals surface area contributed by atoms with Crippen molar-refractivity contribution in [2.75, 3.05) is 5.73 Å². The van der Waals surface area contributed by atoms with Crippen LogP contribution in [0.4, 0.5) is 5.69 Å². The van der Waals surface area contributed by atoms with Crippen molar-refractivity contribution in [2.24, 2.45) is 0 Å². The molecule has 0 fully saturated rings. The Kier molecular flexibility index (Phi) is 9.89. The van der Waals surface area contributed by atoms with Crippen molar-refractivity contribution in [1.82, 2.24) is 19.5 Å². The van der Waals surface area contributed by atoms with Gasteiger partial charge in [0.15, 0.2) is 5.82 Å². The maximum Gasteiger partial charge on any atom is 0.160 e. The van der Waals surface area contributed by atoms with Crippen LogP contribution in [-0.2, 0) is 0 Å². The van der Waals surface area contributed by atoms with Gasteiger partial charge >= 0.3 is 0 Å². The van der Waals surface area contributed by atoms with E-state index < -0.39 is 0 Å². The lowest BCUT2D eigenvalue weighted by Crippen LogP contribution is -2.00. The Morgan fingerprint density at radius 3 is 1.63 bits per heavy atom. The van der Waals surface area contributed by atoms with E-state index in [0.29, 0.717) is 39.5 Å². The summed E-state index contributed by atoms with van der Waals surface area (Å²) in [5.74, 6) is 1.41.